The fourth-order valence-electron chi connectivity index (χ4n) is 2.09. The predicted octanol–water partition coefficient (Wildman–Crippen LogP) is 2.80. The largest absolute Gasteiger partial charge is 0.324 e. The standard InChI is InChI=1S/C14H20BrClN2O3S/c1-4-18(10(2)9-22(3,20)21)8-14(19)17-13-6-5-11(15)7-12(13)16/h5-7,10H,4,8-9H2,1-3H3,(H,17,19). The average Bonchev–Trinajstić information content (AvgIpc) is 2.37. The summed E-state index contributed by atoms with van der Waals surface area (Å²) in [6.07, 6.45) is 1.19. The highest BCUT2D eigenvalue weighted by molar-refractivity contribution is 9.10. The molecule has 1 atom stereocenters. The van der Waals surface area contributed by atoms with Crippen molar-refractivity contribution in [2.24, 2.45) is 0 Å². The van der Waals surface area contributed by atoms with Gasteiger partial charge in [-0.2, -0.15) is 0 Å². The Balaban J connectivity index is 2.69. The molecule has 8 heteroatoms. The number of hydrogen-bond acceptors (Lipinski definition) is 4. The van der Waals surface area contributed by atoms with Crippen LogP contribution in [-0.4, -0.2) is 50.4 Å². The Morgan fingerprint density at radius 1 is 1.45 bits per heavy atom. The number of nitrogens with one attached hydrogen (secondary N) is 1. The van der Waals surface area contributed by atoms with Gasteiger partial charge >= 0.3 is 0 Å². The topological polar surface area (TPSA) is 66.5 Å². The lowest BCUT2D eigenvalue weighted by Crippen LogP contribution is -2.42. The molecule has 0 saturated heterocycles. The van der Waals surface area contributed by atoms with Crippen molar-refractivity contribution in [3.63, 3.8) is 0 Å². The van der Waals surface area contributed by atoms with E-state index in [0.29, 0.717) is 17.3 Å². The van der Waals surface area contributed by atoms with Gasteiger partial charge < -0.3 is 5.32 Å². The van der Waals surface area contributed by atoms with Gasteiger partial charge in [0, 0.05) is 16.8 Å². The van der Waals surface area contributed by atoms with Crippen molar-refractivity contribution >= 4 is 49.0 Å². The van der Waals surface area contributed by atoms with Crippen molar-refractivity contribution in [3.8, 4) is 0 Å². The van der Waals surface area contributed by atoms with Gasteiger partial charge in [-0.1, -0.05) is 34.5 Å². The van der Waals surface area contributed by atoms with E-state index < -0.39 is 9.84 Å². The van der Waals surface area contributed by atoms with E-state index in [0.717, 1.165) is 4.47 Å². The number of rotatable bonds is 7. The molecule has 1 aromatic carbocycles. The van der Waals surface area contributed by atoms with Crippen molar-refractivity contribution in [1.82, 2.24) is 4.90 Å². The van der Waals surface area contributed by atoms with Gasteiger partial charge in [0.15, 0.2) is 0 Å². The van der Waals surface area contributed by atoms with Crippen LogP contribution in [0, 0.1) is 0 Å². The molecule has 0 spiro atoms. The fourth-order valence-corrected chi connectivity index (χ4v) is 3.90. The van der Waals surface area contributed by atoms with Crippen molar-refractivity contribution in [2.75, 3.05) is 30.4 Å². The van der Waals surface area contributed by atoms with Crippen LogP contribution in [0.3, 0.4) is 0 Å². The van der Waals surface area contributed by atoms with Gasteiger partial charge in [0.2, 0.25) is 5.91 Å². The maximum atomic E-state index is 12.1. The third kappa shape index (κ3) is 6.64. The first-order chi connectivity index (χ1) is 10.1. The lowest BCUT2D eigenvalue weighted by Gasteiger charge is -2.26. The number of carbonyl (C=O) groups excluding carboxylic acids is 1. The van der Waals surface area contributed by atoms with Crippen LogP contribution in [0.1, 0.15) is 13.8 Å². The lowest BCUT2D eigenvalue weighted by atomic mass is 10.3. The van der Waals surface area contributed by atoms with Crippen molar-refractivity contribution in [1.29, 1.82) is 0 Å². The second-order valence-electron chi connectivity index (χ2n) is 5.18. The van der Waals surface area contributed by atoms with Crippen LogP contribution in [0.4, 0.5) is 5.69 Å². The lowest BCUT2D eigenvalue weighted by molar-refractivity contribution is -0.117. The number of anilines is 1. The van der Waals surface area contributed by atoms with Crippen LogP contribution in [0.2, 0.25) is 5.02 Å². The zero-order chi connectivity index (χ0) is 16.9. The Labute approximate surface area is 145 Å². The summed E-state index contributed by atoms with van der Waals surface area (Å²) in [5.41, 5.74) is 0.529. The predicted molar refractivity (Wildman–Crippen MR) is 94.2 cm³/mol. The highest BCUT2D eigenvalue weighted by atomic mass is 79.9. The SMILES string of the molecule is CCN(CC(=O)Nc1ccc(Br)cc1Cl)C(C)CS(C)(=O)=O. The van der Waals surface area contributed by atoms with Gasteiger partial charge in [-0.15, -0.1) is 0 Å². The van der Waals surface area contributed by atoms with Crippen LogP contribution in [-0.2, 0) is 14.6 Å². The van der Waals surface area contributed by atoms with E-state index in [1.807, 2.05) is 11.8 Å². The number of carbonyl (C=O) groups is 1. The molecule has 5 nitrogen and oxygen atoms in total. The van der Waals surface area contributed by atoms with Gasteiger partial charge in [-0.25, -0.2) is 8.42 Å². The summed E-state index contributed by atoms with van der Waals surface area (Å²) in [5.74, 6) is -0.209. The number of hydrogen-bond donors (Lipinski definition) is 1. The molecule has 0 fully saturated rings. The van der Waals surface area contributed by atoms with Crippen molar-refractivity contribution < 1.29 is 13.2 Å². The van der Waals surface area contributed by atoms with Gasteiger partial charge in [0.25, 0.3) is 0 Å². The molecule has 0 heterocycles. The maximum absolute atomic E-state index is 12.1. The molecule has 0 aliphatic rings. The summed E-state index contributed by atoms with van der Waals surface area (Å²) >= 11 is 9.35. The molecule has 1 unspecified atom stereocenters. The quantitative estimate of drug-likeness (QED) is 0.749. The second kappa shape index (κ2) is 8.29. The van der Waals surface area contributed by atoms with E-state index in [2.05, 4.69) is 21.2 Å². The Morgan fingerprint density at radius 2 is 2.09 bits per heavy atom. The van der Waals surface area contributed by atoms with E-state index in [4.69, 9.17) is 11.6 Å². The minimum atomic E-state index is -3.08. The highest BCUT2D eigenvalue weighted by Gasteiger charge is 2.20. The number of nitrogens with zero attached hydrogens (tertiary/aromatic N) is 1. The Bertz CT molecular complexity index is 637. The molecule has 0 aliphatic heterocycles. The monoisotopic (exact) mass is 410 g/mol. The highest BCUT2D eigenvalue weighted by Crippen LogP contribution is 2.25. The maximum Gasteiger partial charge on any atom is 0.238 e. The van der Waals surface area contributed by atoms with Crippen LogP contribution >= 0.6 is 27.5 Å². The first kappa shape index (κ1) is 19.4. The summed E-state index contributed by atoms with van der Waals surface area (Å²) in [6, 6.07) is 4.96. The van der Waals surface area contributed by atoms with Crippen LogP contribution in [0.25, 0.3) is 0 Å². The summed E-state index contributed by atoms with van der Waals surface area (Å²) in [4.78, 5) is 13.9. The van der Waals surface area contributed by atoms with E-state index in [1.165, 1.54) is 6.26 Å². The second-order valence-corrected chi connectivity index (χ2v) is 8.68. The van der Waals surface area contributed by atoms with Gasteiger partial charge in [0.05, 0.1) is 23.0 Å². The summed E-state index contributed by atoms with van der Waals surface area (Å²) < 4.78 is 23.6. The number of likely N-dealkylation sites (N-methyl/N-ethyl adjacent to an activating group) is 1. The van der Waals surface area contributed by atoms with Crippen molar-refractivity contribution in [3.05, 3.63) is 27.7 Å². The molecule has 1 N–H and O–H groups in total. The number of benzene rings is 1. The zero-order valence-electron chi connectivity index (χ0n) is 12.8. The molecule has 0 bridgehead atoms. The third-order valence-electron chi connectivity index (χ3n) is 3.13. The molecular formula is C14H20BrClN2O3S. The zero-order valence-corrected chi connectivity index (χ0v) is 15.9. The van der Waals surface area contributed by atoms with E-state index in [-0.39, 0.29) is 24.2 Å². The molecule has 0 aromatic heterocycles. The van der Waals surface area contributed by atoms with Gasteiger partial charge in [-0.05, 0) is 31.7 Å². The molecule has 0 aliphatic carbocycles. The van der Waals surface area contributed by atoms with Crippen molar-refractivity contribution in [2.45, 2.75) is 19.9 Å². The van der Waals surface area contributed by atoms with E-state index >= 15 is 0 Å². The number of sulfone groups is 1. The first-order valence-corrected chi connectivity index (χ1v) is 10.0. The Hall–Kier alpha value is -0.630. The minimum absolute atomic E-state index is 0.0210. The summed E-state index contributed by atoms with van der Waals surface area (Å²) in [6.45, 7) is 4.38. The summed E-state index contributed by atoms with van der Waals surface area (Å²) in [7, 11) is -3.08. The Morgan fingerprint density at radius 3 is 2.59 bits per heavy atom. The van der Waals surface area contributed by atoms with Crippen LogP contribution < -0.4 is 5.32 Å². The van der Waals surface area contributed by atoms with E-state index in [1.54, 1.807) is 25.1 Å². The molecule has 1 amide bonds. The number of halogens is 2. The molecule has 0 saturated carbocycles. The van der Waals surface area contributed by atoms with Gasteiger partial charge in [-0.3, -0.25) is 9.69 Å². The average molecular weight is 412 g/mol. The minimum Gasteiger partial charge on any atom is -0.324 e. The molecular weight excluding hydrogens is 392 g/mol. The van der Waals surface area contributed by atoms with Crippen LogP contribution in [0.5, 0.6) is 0 Å². The molecule has 22 heavy (non-hydrogen) atoms. The summed E-state index contributed by atoms with van der Waals surface area (Å²) in [5, 5.41) is 3.18. The van der Waals surface area contributed by atoms with Gasteiger partial charge in [0.1, 0.15) is 9.84 Å². The Kier molecular flexibility index (Phi) is 7.31. The molecule has 1 rings (SSSR count). The molecule has 1 aromatic rings. The van der Waals surface area contributed by atoms with Crippen LogP contribution in [0.15, 0.2) is 22.7 Å². The molecule has 124 valence electrons. The smallest absolute Gasteiger partial charge is 0.238 e. The third-order valence-corrected chi connectivity index (χ3v) is 5.02. The van der Waals surface area contributed by atoms with E-state index in [9.17, 15) is 13.2 Å². The fraction of sp³-hybridized carbons (Fsp3) is 0.500. The molecule has 0 radical (unpaired) electrons. The normalized spacial score (nSPS) is 13.2. The first-order valence-electron chi connectivity index (χ1n) is 6.79. The number of amides is 1.